The Bertz CT molecular complexity index is 311. The van der Waals surface area contributed by atoms with Gasteiger partial charge in [0, 0.05) is 8.41 Å². The lowest BCUT2D eigenvalue weighted by atomic mass is 10.1. The normalized spacial score (nSPS) is 14.2. The maximum absolute atomic E-state index is 2.52. The first kappa shape index (κ1) is 15.6. The smallest absolute Gasteiger partial charge is 0.0193 e. The molecule has 0 aliphatic heterocycles. The van der Waals surface area contributed by atoms with E-state index in [0.29, 0.717) is 0 Å². The number of allylic oxidation sites excluding steroid dienone is 4. The van der Waals surface area contributed by atoms with Gasteiger partial charge in [-0.25, -0.2) is 0 Å². The Morgan fingerprint density at radius 3 is 2.00 bits per heavy atom. The molecule has 0 saturated carbocycles. The second-order valence-electron chi connectivity index (χ2n) is 5.42. The standard InChI is InChI=1S/C17H30Si/c1-4-7-10-16-11-12-17(15-16)18(13-8-5-2)14-9-6-3/h11-12,15H,4-10,13-14H2,1-3H3. The van der Waals surface area contributed by atoms with Crippen LogP contribution in [0.1, 0.15) is 65.7 Å². The van der Waals surface area contributed by atoms with Gasteiger partial charge in [-0.2, -0.15) is 0 Å². The van der Waals surface area contributed by atoms with E-state index in [1.165, 1.54) is 57.0 Å². The van der Waals surface area contributed by atoms with E-state index in [9.17, 15) is 0 Å². The molecule has 1 rings (SSSR count). The lowest BCUT2D eigenvalue weighted by Crippen LogP contribution is -2.11. The third kappa shape index (κ3) is 5.47. The summed E-state index contributed by atoms with van der Waals surface area (Å²) in [4.78, 5) is 0. The van der Waals surface area contributed by atoms with Crippen LogP contribution in [0.4, 0.5) is 0 Å². The second kappa shape index (κ2) is 9.49. The molecule has 1 aliphatic rings. The third-order valence-corrected chi connectivity index (χ3v) is 6.75. The number of hydrogen-bond acceptors (Lipinski definition) is 0. The van der Waals surface area contributed by atoms with Crippen LogP contribution in [0.3, 0.4) is 0 Å². The van der Waals surface area contributed by atoms with Gasteiger partial charge in [-0.1, -0.05) is 71.1 Å². The van der Waals surface area contributed by atoms with Crippen molar-refractivity contribution in [3.63, 3.8) is 0 Å². The van der Waals surface area contributed by atoms with E-state index >= 15 is 0 Å². The molecule has 0 unspecified atom stereocenters. The first-order valence-electron chi connectivity index (χ1n) is 7.92. The molecule has 0 N–H and O–H groups in total. The summed E-state index contributed by atoms with van der Waals surface area (Å²) in [7, 11) is -0.251. The summed E-state index contributed by atoms with van der Waals surface area (Å²) < 4.78 is 0. The minimum absolute atomic E-state index is 0.251. The monoisotopic (exact) mass is 262 g/mol. The summed E-state index contributed by atoms with van der Waals surface area (Å²) in [5.74, 6) is 0. The van der Waals surface area contributed by atoms with Gasteiger partial charge in [0.05, 0.1) is 0 Å². The van der Waals surface area contributed by atoms with Crippen molar-refractivity contribution in [2.24, 2.45) is 0 Å². The van der Waals surface area contributed by atoms with Gasteiger partial charge in [-0.15, -0.1) is 0 Å². The molecule has 1 aliphatic carbocycles. The average molecular weight is 263 g/mol. The number of rotatable bonds is 9. The van der Waals surface area contributed by atoms with E-state index in [1.807, 2.05) is 0 Å². The van der Waals surface area contributed by atoms with Crippen LogP contribution in [0, 0.1) is 0 Å². The molecule has 0 nitrogen and oxygen atoms in total. The SMILES string of the molecule is CCCCC1=CC(=[Si](CCCC)CCCC)C=C1. The van der Waals surface area contributed by atoms with Crippen LogP contribution in [0.15, 0.2) is 23.8 Å². The summed E-state index contributed by atoms with van der Waals surface area (Å²) in [5.41, 5.74) is 1.59. The molecule has 0 atom stereocenters. The zero-order chi connectivity index (χ0) is 13.2. The van der Waals surface area contributed by atoms with E-state index < -0.39 is 0 Å². The van der Waals surface area contributed by atoms with Gasteiger partial charge in [0.2, 0.25) is 0 Å². The first-order valence-corrected chi connectivity index (χ1v) is 9.83. The van der Waals surface area contributed by atoms with E-state index in [1.54, 1.807) is 10.7 Å². The fourth-order valence-corrected chi connectivity index (χ4v) is 5.54. The predicted octanol–water partition coefficient (Wildman–Crippen LogP) is 5.52. The van der Waals surface area contributed by atoms with Crippen molar-refractivity contribution in [3.05, 3.63) is 23.8 Å². The highest BCUT2D eigenvalue weighted by Gasteiger charge is 2.08. The van der Waals surface area contributed by atoms with Crippen molar-refractivity contribution in [3.8, 4) is 0 Å². The molecule has 0 bridgehead atoms. The van der Waals surface area contributed by atoms with Crippen LogP contribution < -0.4 is 0 Å². The zero-order valence-corrected chi connectivity index (χ0v) is 13.6. The zero-order valence-electron chi connectivity index (χ0n) is 12.6. The topological polar surface area (TPSA) is 0 Å². The second-order valence-corrected chi connectivity index (χ2v) is 8.21. The molecule has 0 aromatic carbocycles. The highest BCUT2D eigenvalue weighted by molar-refractivity contribution is 6.75. The van der Waals surface area contributed by atoms with Crippen LogP contribution in [0.2, 0.25) is 12.1 Å². The van der Waals surface area contributed by atoms with Gasteiger partial charge in [0.15, 0.2) is 0 Å². The molecule has 0 amide bonds. The Kier molecular flexibility index (Phi) is 8.24. The molecule has 0 saturated heterocycles. The van der Waals surface area contributed by atoms with E-state index in [0.717, 1.165) is 0 Å². The summed E-state index contributed by atoms with van der Waals surface area (Å²) in [6.45, 7) is 6.91. The van der Waals surface area contributed by atoms with Gasteiger partial charge < -0.3 is 0 Å². The fourth-order valence-electron chi connectivity index (χ4n) is 2.44. The maximum atomic E-state index is 2.52. The molecular formula is C17H30Si. The van der Waals surface area contributed by atoms with Crippen molar-refractivity contribution < 1.29 is 0 Å². The molecule has 18 heavy (non-hydrogen) atoms. The summed E-state index contributed by atoms with van der Waals surface area (Å²) in [6, 6.07) is 2.97. The summed E-state index contributed by atoms with van der Waals surface area (Å²) >= 11 is 0. The minimum Gasteiger partial charge on any atom is -0.0654 e. The van der Waals surface area contributed by atoms with Crippen LogP contribution in [0.5, 0.6) is 0 Å². The van der Waals surface area contributed by atoms with Gasteiger partial charge in [-0.05, 0) is 35.7 Å². The molecule has 0 spiro atoms. The molecule has 0 fully saturated rings. The van der Waals surface area contributed by atoms with E-state index in [4.69, 9.17) is 0 Å². The van der Waals surface area contributed by atoms with Crippen molar-refractivity contribution in [1.82, 2.24) is 0 Å². The number of unbranched alkanes of at least 4 members (excludes halogenated alkanes) is 3. The van der Waals surface area contributed by atoms with Crippen LogP contribution in [0.25, 0.3) is 0 Å². The quantitative estimate of drug-likeness (QED) is 0.480. The predicted molar refractivity (Wildman–Crippen MR) is 86.9 cm³/mol. The Morgan fingerprint density at radius 1 is 0.833 bits per heavy atom. The molecule has 0 radical (unpaired) electrons. The largest absolute Gasteiger partial charge is 0.0654 e. The van der Waals surface area contributed by atoms with Crippen molar-refractivity contribution >= 4 is 13.6 Å². The average Bonchev–Trinajstić information content (AvgIpc) is 2.85. The molecule has 102 valence electrons. The minimum atomic E-state index is -0.251. The van der Waals surface area contributed by atoms with E-state index in [-0.39, 0.29) is 8.41 Å². The summed E-state index contributed by atoms with van der Waals surface area (Å²) in [5, 5.41) is 1.72. The van der Waals surface area contributed by atoms with Gasteiger partial charge in [0.25, 0.3) is 0 Å². The Morgan fingerprint density at radius 2 is 1.44 bits per heavy atom. The highest BCUT2D eigenvalue weighted by Crippen LogP contribution is 2.17. The number of hydrogen-bond donors (Lipinski definition) is 0. The summed E-state index contributed by atoms with van der Waals surface area (Å²) in [6.07, 6.45) is 16.8. The lowest BCUT2D eigenvalue weighted by Gasteiger charge is -2.07. The lowest BCUT2D eigenvalue weighted by molar-refractivity contribution is 0.799. The maximum Gasteiger partial charge on any atom is 0.0193 e. The van der Waals surface area contributed by atoms with Gasteiger partial charge in [-0.3, -0.25) is 0 Å². The van der Waals surface area contributed by atoms with Gasteiger partial charge in [0.1, 0.15) is 0 Å². The molecule has 0 aromatic rings. The van der Waals surface area contributed by atoms with Crippen LogP contribution >= 0.6 is 0 Å². The van der Waals surface area contributed by atoms with E-state index in [2.05, 4.69) is 39.0 Å². The van der Waals surface area contributed by atoms with Gasteiger partial charge >= 0.3 is 0 Å². The Hall–Kier alpha value is -0.433. The van der Waals surface area contributed by atoms with Crippen molar-refractivity contribution in [2.45, 2.75) is 77.8 Å². The fraction of sp³-hybridized carbons (Fsp3) is 0.706. The Labute approximate surface area is 115 Å². The molecular weight excluding hydrogens is 232 g/mol. The Balaban J connectivity index is 2.66. The molecule has 0 aromatic heterocycles. The first-order chi connectivity index (χ1) is 8.81. The van der Waals surface area contributed by atoms with Crippen LogP contribution in [-0.4, -0.2) is 13.6 Å². The third-order valence-electron chi connectivity index (χ3n) is 3.71. The van der Waals surface area contributed by atoms with Crippen LogP contribution in [-0.2, 0) is 0 Å². The molecule has 0 heterocycles. The highest BCUT2D eigenvalue weighted by atomic mass is 28.2. The van der Waals surface area contributed by atoms with Crippen molar-refractivity contribution in [1.29, 1.82) is 0 Å². The van der Waals surface area contributed by atoms with Crippen molar-refractivity contribution in [2.75, 3.05) is 0 Å². The molecule has 1 heteroatoms.